The first-order valence-corrected chi connectivity index (χ1v) is 6.52. The highest BCUT2D eigenvalue weighted by atomic mass is 79.9. The van der Waals surface area contributed by atoms with Crippen molar-refractivity contribution in [2.24, 2.45) is 0 Å². The molecule has 0 saturated heterocycles. The summed E-state index contributed by atoms with van der Waals surface area (Å²) in [6.45, 7) is 0. The first kappa shape index (κ1) is 10.3. The molecular formula is C10H5BrClN3S. The van der Waals surface area contributed by atoms with E-state index in [0.717, 1.165) is 20.1 Å². The van der Waals surface area contributed by atoms with Gasteiger partial charge in [0, 0.05) is 29.5 Å². The van der Waals surface area contributed by atoms with Crippen LogP contribution >= 0.6 is 38.9 Å². The third-order valence-corrected chi connectivity index (χ3v) is 3.64. The minimum absolute atomic E-state index is 0.681. The first-order chi connectivity index (χ1) is 7.72. The van der Waals surface area contributed by atoms with Crippen molar-refractivity contribution in [3.63, 3.8) is 0 Å². The molecule has 3 rings (SSSR count). The molecule has 3 aromatic heterocycles. The van der Waals surface area contributed by atoms with Gasteiger partial charge in [-0.2, -0.15) is 0 Å². The number of hydrogen-bond donors (Lipinski definition) is 0. The summed E-state index contributed by atoms with van der Waals surface area (Å²) in [4.78, 5) is 8.63. The smallest absolute Gasteiger partial charge is 0.234 e. The van der Waals surface area contributed by atoms with E-state index < -0.39 is 0 Å². The van der Waals surface area contributed by atoms with Gasteiger partial charge in [0.15, 0.2) is 0 Å². The lowest BCUT2D eigenvalue weighted by atomic mass is 10.3. The molecule has 0 bridgehead atoms. The summed E-state index contributed by atoms with van der Waals surface area (Å²) < 4.78 is 3.57. The van der Waals surface area contributed by atoms with Crippen LogP contribution in [0.15, 0.2) is 34.5 Å². The second-order valence-electron chi connectivity index (χ2n) is 3.25. The Bertz CT molecular complexity index is 661. The number of hydrogen-bond acceptors (Lipinski definition) is 3. The van der Waals surface area contributed by atoms with Gasteiger partial charge in [0.2, 0.25) is 5.78 Å². The topological polar surface area (TPSA) is 30.2 Å². The van der Waals surface area contributed by atoms with Gasteiger partial charge in [-0.15, -0.1) is 11.3 Å². The van der Waals surface area contributed by atoms with Crippen LogP contribution in [0.4, 0.5) is 0 Å². The van der Waals surface area contributed by atoms with Gasteiger partial charge in [-0.1, -0.05) is 11.6 Å². The van der Waals surface area contributed by atoms with Gasteiger partial charge in [-0.3, -0.25) is 4.40 Å². The molecule has 0 aliphatic carbocycles. The summed E-state index contributed by atoms with van der Waals surface area (Å²) in [7, 11) is 0. The number of imidazole rings is 1. The molecule has 0 amide bonds. The second kappa shape index (κ2) is 3.84. The molecular weight excluding hydrogens is 310 g/mol. The van der Waals surface area contributed by atoms with Crippen LogP contribution in [-0.2, 0) is 0 Å². The monoisotopic (exact) mass is 313 g/mol. The van der Waals surface area contributed by atoms with Gasteiger partial charge in [-0.25, -0.2) is 9.97 Å². The van der Waals surface area contributed by atoms with Gasteiger partial charge in [0.25, 0.3) is 0 Å². The van der Waals surface area contributed by atoms with Gasteiger partial charge in [-0.05, 0) is 22.0 Å². The molecule has 6 heteroatoms. The van der Waals surface area contributed by atoms with Gasteiger partial charge < -0.3 is 0 Å². The van der Waals surface area contributed by atoms with Crippen molar-refractivity contribution in [3.05, 3.63) is 38.8 Å². The van der Waals surface area contributed by atoms with Gasteiger partial charge >= 0.3 is 0 Å². The van der Waals surface area contributed by atoms with E-state index in [2.05, 4.69) is 25.9 Å². The van der Waals surface area contributed by atoms with Crippen molar-refractivity contribution in [3.8, 4) is 11.3 Å². The quantitative estimate of drug-likeness (QED) is 0.682. The molecule has 0 atom stereocenters. The highest BCUT2D eigenvalue weighted by Gasteiger charge is 2.07. The Labute approximate surface area is 109 Å². The lowest BCUT2D eigenvalue weighted by molar-refractivity contribution is 1.10. The van der Waals surface area contributed by atoms with Gasteiger partial charge in [0.05, 0.1) is 14.5 Å². The molecule has 3 aromatic rings. The highest BCUT2D eigenvalue weighted by Crippen LogP contribution is 2.28. The zero-order valence-corrected chi connectivity index (χ0v) is 11.1. The average Bonchev–Trinajstić information content (AvgIpc) is 2.83. The van der Waals surface area contributed by atoms with Crippen LogP contribution in [0.2, 0.25) is 4.34 Å². The van der Waals surface area contributed by atoms with Crippen molar-refractivity contribution in [1.29, 1.82) is 0 Å². The maximum absolute atomic E-state index is 5.90. The molecule has 0 aromatic carbocycles. The van der Waals surface area contributed by atoms with Crippen molar-refractivity contribution >= 4 is 44.6 Å². The largest absolute Gasteiger partial charge is 0.289 e. The second-order valence-corrected chi connectivity index (χ2v) is 5.70. The minimum atomic E-state index is 0.681. The molecule has 0 unspecified atom stereocenters. The molecule has 0 fully saturated rings. The third-order valence-electron chi connectivity index (χ3n) is 2.14. The first-order valence-electron chi connectivity index (χ1n) is 4.47. The van der Waals surface area contributed by atoms with Crippen molar-refractivity contribution < 1.29 is 0 Å². The number of rotatable bonds is 1. The van der Waals surface area contributed by atoms with E-state index in [-0.39, 0.29) is 0 Å². The average molecular weight is 315 g/mol. The molecule has 0 spiro atoms. The summed E-state index contributed by atoms with van der Waals surface area (Å²) in [5.74, 6) is 0.681. The Kier molecular flexibility index (Phi) is 2.46. The van der Waals surface area contributed by atoms with E-state index in [1.807, 2.05) is 28.2 Å². The van der Waals surface area contributed by atoms with E-state index >= 15 is 0 Å². The molecule has 3 heterocycles. The predicted octanol–water partition coefficient (Wildman–Crippen LogP) is 3.87. The highest BCUT2D eigenvalue weighted by molar-refractivity contribution is 9.10. The van der Waals surface area contributed by atoms with E-state index in [9.17, 15) is 0 Å². The number of nitrogens with zero attached hydrogens (tertiary/aromatic N) is 3. The Morgan fingerprint density at radius 1 is 1.38 bits per heavy atom. The van der Waals surface area contributed by atoms with E-state index in [0.29, 0.717) is 5.78 Å². The molecule has 0 aliphatic heterocycles. The summed E-state index contributed by atoms with van der Waals surface area (Å²) in [5, 5.41) is 1.99. The van der Waals surface area contributed by atoms with Crippen molar-refractivity contribution in [2.45, 2.75) is 0 Å². The molecule has 0 saturated carbocycles. The number of halogens is 2. The fourth-order valence-corrected chi connectivity index (χ4v) is 2.64. The maximum atomic E-state index is 5.90. The van der Waals surface area contributed by atoms with Crippen LogP contribution in [0.25, 0.3) is 17.0 Å². The van der Waals surface area contributed by atoms with Gasteiger partial charge in [0.1, 0.15) is 0 Å². The van der Waals surface area contributed by atoms with E-state index in [1.54, 1.807) is 6.20 Å². The number of thiophene rings is 1. The van der Waals surface area contributed by atoms with Crippen molar-refractivity contribution in [2.75, 3.05) is 0 Å². The Balaban J connectivity index is 2.18. The molecule has 3 nitrogen and oxygen atoms in total. The van der Waals surface area contributed by atoms with E-state index in [4.69, 9.17) is 11.6 Å². The SMILES string of the molecule is Clc1cc(-c2cn3cc(Br)cnc3n2)cs1. The zero-order valence-electron chi connectivity index (χ0n) is 7.89. The minimum Gasteiger partial charge on any atom is -0.289 e. The Hall–Kier alpha value is -0.910. The normalized spacial score (nSPS) is 11.1. The van der Waals surface area contributed by atoms with Crippen LogP contribution in [0.5, 0.6) is 0 Å². The maximum Gasteiger partial charge on any atom is 0.234 e. The molecule has 0 aliphatic rings. The number of aromatic nitrogens is 3. The summed E-state index contributed by atoms with van der Waals surface area (Å²) in [6, 6.07) is 1.91. The molecule has 0 radical (unpaired) electrons. The lowest BCUT2D eigenvalue weighted by Gasteiger charge is -1.90. The fraction of sp³-hybridized carbons (Fsp3) is 0. The fourth-order valence-electron chi connectivity index (χ4n) is 1.44. The third kappa shape index (κ3) is 1.75. The van der Waals surface area contributed by atoms with Crippen LogP contribution in [0.1, 0.15) is 0 Å². The Morgan fingerprint density at radius 2 is 2.25 bits per heavy atom. The zero-order chi connectivity index (χ0) is 11.1. The molecule has 0 N–H and O–H groups in total. The lowest BCUT2D eigenvalue weighted by Crippen LogP contribution is -1.85. The standard InChI is InChI=1S/C10H5BrClN3S/c11-7-2-13-10-14-8(4-15(10)3-7)6-1-9(12)16-5-6/h1-5H. The summed E-state index contributed by atoms with van der Waals surface area (Å²) in [5.41, 5.74) is 1.91. The predicted molar refractivity (Wildman–Crippen MR) is 69.0 cm³/mol. The Morgan fingerprint density at radius 3 is 3.00 bits per heavy atom. The van der Waals surface area contributed by atoms with E-state index in [1.165, 1.54) is 11.3 Å². The van der Waals surface area contributed by atoms with Crippen molar-refractivity contribution in [1.82, 2.24) is 14.4 Å². The summed E-state index contributed by atoms with van der Waals surface area (Å²) >= 11 is 10.8. The van der Waals surface area contributed by atoms with Crippen LogP contribution in [0.3, 0.4) is 0 Å². The van der Waals surface area contributed by atoms with Crippen LogP contribution in [-0.4, -0.2) is 14.4 Å². The summed E-state index contributed by atoms with van der Waals surface area (Å²) in [6.07, 6.45) is 5.59. The molecule has 16 heavy (non-hydrogen) atoms. The molecule has 80 valence electrons. The number of fused-ring (bicyclic) bond motifs is 1. The van der Waals surface area contributed by atoms with Crippen LogP contribution in [0, 0.1) is 0 Å². The van der Waals surface area contributed by atoms with Crippen LogP contribution < -0.4 is 0 Å².